The Morgan fingerprint density at radius 1 is 1.17 bits per heavy atom. The number of aromatic nitrogens is 3. The number of nitrogens with two attached hydrogens (primary N) is 1. The van der Waals surface area contributed by atoms with Crippen molar-refractivity contribution in [1.29, 1.82) is 0 Å². The lowest BCUT2D eigenvalue weighted by molar-refractivity contribution is 0.596. The normalized spacial score (nSPS) is 11.9. The second-order valence-corrected chi connectivity index (χ2v) is 7.93. The van der Waals surface area contributed by atoms with E-state index in [1.807, 2.05) is 37.3 Å². The van der Waals surface area contributed by atoms with E-state index < -0.39 is 10.0 Å². The van der Waals surface area contributed by atoms with Crippen LogP contribution in [0.2, 0.25) is 0 Å². The van der Waals surface area contributed by atoms with Gasteiger partial charge in [-0.25, -0.2) is 18.2 Å². The molecular weight excluding hydrogens is 344 g/mol. The maximum atomic E-state index is 11.8. The first-order valence-electron chi connectivity index (χ1n) is 7.56. The van der Waals surface area contributed by atoms with Crippen LogP contribution in [0.1, 0.15) is 18.9 Å². The van der Waals surface area contributed by atoms with E-state index in [0.29, 0.717) is 23.4 Å². The summed E-state index contributed by atoms with van der Waals surface area (Å²) in [6, 6.07) is 13.3. The minimum Gasteiger partial charge on any atom is -0.234 e. The molecule has 6 nitrogen and oxygen atoms in total. The summed E-state index contributed by atoms with van der Waals surface area (Å²) in [5.41, 5.74) is 2.07. The van der Waals surface area contributed by atoms with Gasteiger partial charge < -0.3 is 0 Å². The van der Waals surface area contributed by atoms with Crippen LogP contribution < -0.4 is 5.14 Å². The molecular formula is C16H18N4O2S2. The van der Waals surface area contributed by atoms with Gasteiger partial charge in [-0.2, -0.15) is 0 Å². The Morgan fingerprint density at radius 3 is 2.58 bits per heavy atom. The molecule has 0 atom stereocenters. The van der Waals surface area contributed by atoms with E-state index >= 15 is 0 Å². The van der Waals surface area contributed by atoms with Crippen LogP contribution in [0.5, 0.6) is 0 Å². The third kappa shape index (κ3) is 3.45. The Labute approximate surface area is 145 Å². The maximum Gasteiger partial charge on any atom is 0.238 e. The molecule has 1 heterocycles. The number of hydrogen-bond acceptors (Lipinski definition) is 5. The first kappa shape index (κ1) is 16.9. The summed E-state index contributed by atoms with van der Waals surface area (Å²) in [6.45, 7) is 1.99. The Morgan fingerprint density at radius 2 is 1.92 bits per heavy atom. The molecule has 126 valence electrons. The number of primary sulfonamides is 1. The Hall–Kier alpha value is -1.90. The summed E-state index contributed by atoms with van der Waals surface area (Å²) in [4.78, 5) is 1.27. The summed E-state index contributed by atoms with van der Waals surface area (Å²) in [6.07, 6.45) is 1.39. The second-order valence-electron chi connectivity index (χ2n) is 5.38. The zero-order valence-corrected chi connectivity index (χ0v) is 14.8. The van der Waals surface area contributed by atoms with Crippen LogP contribution >= 0.6 is 11.8 Å². The van der Waals surface area contributed by atoms with Gasteiger partial charge in [0.15, 0.2) is 0 Å². The molecule has 0 saturated carbocycles. The van der Waals surface area contributed by atoms with Gasteiger partial charge in [0.25, 0.3) is 0 Å². The average molecular weight is 362 g/mol. The van der Waals surface area contributed by atoms with Crippen molar-refractivity contribution >= 4 is 32.8 Å². The number of sulfonamides is 1. The van der Waals surface area contributed by atoms with E-state index in [4.69, 9.17) is 5.14 Å². The molecule has 8 heteroatoms. The fraction of sp³-hybridized carbons (Fsp3) is 0.250. The molecule has 0 fully saturated rings. The van der Waals surface area contributed by atoms with Crippen LogP contribution in [0.4, 0.5) is 0 Å². The summed E-state index contributed by atoms with van der Waals surface area (Å²) in [5, 5.41) is 13.7. The number of nitrogens with zero attached hydrogens (tertiary/aromatic N) is 3. The van der Waals surface area contributed by atoms with E-state index in [9.17, 15) is 8.42 Å². The predicted molar refractivity (Wildman–Crippen MR) is 95.2 cm³/mol. The highest BCUT2D eigenvalue weighted by Crippen LogP contribution is 2.27. The fourth-order valence-electron chi connectivity index (χ4n) is 2.58. The minimum atomic E-state index is -3.78. The van der Waals surface area contributed by atoms with E-state index in [1.165, 1.54) is 0 Å². The van der Waals surface area contributed by atoms with Gasteiger partial charge in [-0.15, -0.1) is 16.9 Å². The number of benzene rings is 2. The molecule has 3 aromatic rings. The molecule has 0 unspecified atom stereocenters. The smallest absolute Gasteiger partial charge is 0.234 e. The van der Waals surface area contributed by atoms with Gasteiger partial charge in [-0.05, 0) is 30.7 Å². The van der Waals surface area contributed by atoms with Crippen LogP contribution in [0, 0.1) is 0 Å². The molecule has 0 aliphatic heterocycles. The van der Waals surface area contributed by atoms with Gasteiger partial charge in [0.1, 0.15) is 5.52 Å². The molecule has 2 aromatic carbocycles. The summed E-state index contributed by atoms with van der Waals surface area (Å²) < 4.78 is 25.4. The predicted octanol–water partition coefficient (Wildman–Crippen LogP) is 2.78. The average Bonchev–Trinajstić information content (AvgIpc) is 2.97. The molecule has 0 aliphatic carbocycles. The second kappa shape index (κ2) is 6.92. The quantitative estimate of drug-likeness (QED) is 0.681. The largest absolute Gasteiger partial charge is 0.238 e. The molecule has 0 saturated heterocycles. The van der Waals surface area contributed by atoms with Gasteiger partial charge in [0, 0.05) is 10.5 Å². The van der Waals surface area contributed by atoms with Gasteiger partial charge in [-0.3, -0.25) is 0 Å². The highest BCUT2D eigenvalue weighted by Gasteiger charge is 2.19. The van der Waals surface area contributed by atoms with Crippen molar-refractivity contribution in [2.75, 3.05) is 0 Å². The first-order valence-corrected chi connectivity index (χ1v) is 10.1. The molecule has 24 heavy (non-hydrogen) atoms. The topological polar surface area (TPSA) is 90.9 Å². The SMILES string of the molecule is CCCc1c(S(N)(=O)=O)ccc2c1nnn2CSc1ccccc1. The minimum absolute atomic E-state index is 0.139. The summed E-state index contributed by atoms with van der Waals surface area (Å²) in [7, 11) is -3.78. The molecule has 2 N–H and O–H groups in total. The Bertz CT molecular complexity index is 953. The first-order chi connectivity index (χ1) is 11.5. The lowest BCUT2D eigenvalue weighted by Gasteiger charge is -2.08. The lowest BCUT2D eigenvalue weighted by Crippen LogP contribution is -2.15. The van der Waals surface area contributed by atoms with E-state index in [1.54, 1.807) is 28.6 Å². The van der Waals surface area contributed by atoms with Crippen LogP contribution in [-0.4, -0.2) is 23.4 Å². The molecule has 0 aliphatic rings. The summed E-state index contributed by atoms with van der Waals surface area (Å²) in [5.74, 6) is 0.598. The van der Waals surface area contributed by atoms with Crippen LogP contribution in [0.25, 0.3) is 11.0 Å². The number of aryl methyl sites for hydroxylation is 1. The van der Waals surface area contributed by atoms with E-state index in [-0.39, 0.29) is 4.90 Å². The van der Waals surface area contributed by atoms with E-state index in [0.717, 1.165) is 16.8 Å². The van der Waals surface area contributed by atoms with Gasteiger partial charge in [0.05, 0.1) is 16.3 Å². The van der Waals surface area contributed by atoms with Crippen LogP contribution in [0.15, 0.2) is 52.3 Å². The van der Waals surface area contributed by atoms with Crippen molar-refractivity contribution < 1.29 is 8.42 Å². The Balaban J connectivity index is 1.99. The molecule has 1 aromatic heterocycles. The van der Waals surface area contributed by atoms with Gasteiger partial charge in [-0.1, -0.05) is 36.8 Å². The zero-order valence-electron chi connectivity index (χ0n) is 13.2. The molecule has 0 spiro atoms. The molecule has 0 radical (unpaired) electrons. The fourth-order valence-corrected chi connectivity index (χ4v) is 4.19. The number of thioether (sulfide) groups is 1. The number of hydrogen-bond donors (Lipinski definition) is 1. The monoisotopic (exact) mass is 362 g/mol. The van der Waals surface area contributed by atoms with Crippen molar-refractivity contribution in [3.8, 4) is 0 Å². The van der Waals surface area contributed by atoms with Crippen molar-refractivity contribution in [3.63, 3.8) is 0 Å². The van der Waals surface area contributed by atoms with Crippen molar-refractivity contribution in [2.24, 2.45) is 5.14 Å². The van der Waals surface area contributed by atoms with E-state index in [2.05, 4.69) is 10.3 Å². The van der Waals surface area contributed by atoms with Crippen LogP contribution in [-0.2, 0) is 22.3 Å². The summed E-state index contributed by atoms with van der Waals surface area (Å²) >= 11 is 1.64. The van der Waals surface area contributed by atoms with Crippen molar-refractivity contribution in [3.05, 3.63) is 48.0 Å². The molecule has 0 amide bonds. The maximum absolute atomic E-state index is 11.8. The third-order valence-electron chi connectivity index (χ3n) is 3.65. The molecule has 3 rings (SSSR count). The van der Waals surface area contributed by atoms with Gasteiger partial charge >= 0.3 is 0 Å². The third-order valence-corrected chi connectivity index (χ3v) is 5.63. The Kier molecular flexibility index (Phi) is 4.88. The highest BCUT2D eigenvalue weighted by atomic mass is 32.2. The number of fused-ring (bicyclic) bond motifs is 1. The standard InChI is InChI=1S/C16H18N4O2S2/c1-2-6-13-15(24(17,21)22)10-9-14-16(13)18-19-20(14)11-23-12-7-4-3-5-8-12/h3-5,7-10H,2,6,11H2,1H3,(H2,17,21,22). The van der Waals surface area contributed by atoms with Crippen LogP contribution in [0.3, 0.4) is 0 Å². The molecule has 0 bridgehead atoms. The zero-order chi connectivity index (χ0) is 17.2. The van der Waals surface area contributed by atoms with Crippen molar-refractivity contribution in [2.45, 2.75) is 35.4 Å². The van der Waals surface area contributed by atoms with Crippen molar-refractivity contribution in [1.82, 2.24) is 15.0 Å². The van der Waals surface area contributed by atoms with Gasteiger partial charge in [0.2, 0.25) is 10.0 Å². The number of rotatable bonds is 6. The highest BCUT2D eigenvalue weighted by molar-refractivity contribution is 7.98. The lowest BCUT2D eigenvalue weighted by atomic mass is 10.1.